The van der Waals surface area contributed by atoms with Gasteiger partial charge < -0.3 is 14.8 Å². The van der Waals surface area contributed by atoms with Crippen molar-refractivity contribution in [3.63, 3.8) is 0 Å². The second-order valence-corrected chi connectivity index (χ2v) is 4.35. The van der Waals surface area contributed by atoms with Crippen LogP contribution < -0.4 is 10.1 Å². The van der Waals surface area contributed by atoms with Gasteiger partial charge in [-0.3, -0.25) is 0 Å². The molecule has 0 aliphatic heterocycles. The lowest BCUT2D eigenvalue weighted by Gasteiger charge is -2.09. The number of anilines is 1. The van der Waals surface area contributed by atoms with Crippen LogP contribution in [0.3, 0.4) is 0 Å². The Morgan fingerprint density at radius 1 is 1.47 bits per heavy atom. The predicted molar refractivity (Wildman–Crippen MR) is 67.4 cm³/mol. The van der Waals surface area contributed by atoms with Crippen molar-refractivity contribution >= 4 is 5.82 Å². The quantitative estimate of drug-likeness (QED) is 0.703. The van der Waals surface area contributed by atoms with E-state index in [1.54, 1.807) is 13.3 Å². The number of pyridine rings is 1. The highest BCUT2D eigenvalue weighted by molar-refractivity contribution is 5.49. The molecule has 0 amide bonds. The molecule has 1 fully saturated rings. The Kier molecular flexibility index (Phi) is 4.62. The van der Waals surface area contributed by atoms with Gasteiger partial charge in [0.15, 0.2) is 11.6 Å². The number of rotatable bonds is 8. The van der Waals surface area contributed by atoms with Gasteiger partial charge in [0.05, 0.1) is 7.11 Å². The Morgan fingerprint density at radius 2 is 2.35 bits per heavy atom. The van der Waals surface area contributed by atoms with E-state index in [-0.39, 0.29) is 0 Å². The van der Waals surface area contributed by atoms with Crippen LogP contribution in [0.5, 0.6) is 5.75 Å². The number of hydrogen-bond donors (Lipinski definition) is 1. The average Bonchev–Trinajstić information content (AvgIpc) is 3.18. The molecule has 0 spiro atoms. The van der Waals surface area contributed by atoms with Crippen LogP contribution in [0.25, 0.3) is 0 Å². The van der Waals surface area contributed by atoms with Gasteiger partial charge in [-0.2, -0.15) is 0 Å². The van der Waals surface area contributed by atoms with Gasteiger partial charge in [0.1, 0.15) is 0 Å². The van der Waals surface area contributed by atoms with Crippen LogP contribution >= 0.6 is 0 Å². The van der Waals surface area contributed by atoms with Crippen molar-refractivity contribution in [3.05, 3.63) is 18.3 Å². The normalized spacial score (nSPS) is 14.6. The van der Waals surface area contributed by atoms with Crippen LogP contribution in [0.2, 0.25) is 0 Å². The minimum atomic E-state index is 0.784. The summed E-state index contributed by atoms with van der Waals surface area (Å²) >= 11 is 0. The van der Waals surface area contributed by atoms with Gasteiger partial charge in [-0.05, 0) is 37.3 Å². The van der Waals surface area contributed by atoms with Crippen molar-refractivity contribution in [2.24, 2.45) is 5.92 Å². The summed E-state index contributed by atoms with van der Waals surface area (Å²) in [6.45, 7) is 2.61. The van der Waals surface area contributed by atoms with Crippen molar-refractivity contribution in [3.8, 4) is 5.75 Å². The van der Waals surface area contributed by atoms with Crippen LogP contribution in [0, 0.1) is 5.92 Å². The van der Waals surface area contributed by atoms with Crippen molar-refractivity contribution in [1.29, 1.82) is 0 Å². The Morgan fingerprint density at radius 3 is 3.12 bits per heavy atom. The van der Waals surface area contributed by atoms with Gasteiger partial charge in [-0.25, -0.2) is 4.98 Å². The smallest absolute Gasteiger partial charge is 0.168 e. The summed E-state index contributed by atoms with van der Waals surface area (Å²) in [5, 5.41) is 3.25. The number of methoxy groups -OCH3 is 1. The van der Waals surface area contributed by atoms with Gasteiger partial charge in [-0.1, -0.05) is 0 Å². The standard InChI is InChI=1S/C13H20N2O2/c1-16-12-4-2-7-14-13(12)15-8-3-9-17-10-11-5-6-11/h2,4,7,11H,3,5-6,8-10H2,1H3,(H,14,15). The van der Waals surface area contributed by atoms with Gasteiger partial charge in [0.25, 0.3) is 0 Å². The van der Waals surface area contributed by atoms with Crippen LogP contribution in [0.4, 0.5) is 5.82 Å². The Hall–Kier alpha value is -1.29. The van der Waals surface area contributed by atoms with Crippen molar-refractivity contribution < 1.29 is 9.47 Å². The molecule has 1 heterocycles. The maximum Gasteiger partial charge on any atom is 0.168 e. The summed E-state index contributed by atoms with van der Waals surface area (Å²) in [4.78, 5) is 4.23. The molecule has 2 rings (SSSR count). The lowest BCUT2D eigenvalue weighted by atomic mass is 10.4. The summed E-state index contributed by atoms with van der Waals surface area (Å²) < 4.78 is 10.8. The van der Waals surface area contributed by atoms with E-state index in [0.29, 0.717) is 0 Å². The van der Waals surface area contributed by atoms with Gasteiger partial charge >= 0.3 is 0 Å². The monoisotopic (exact) mass is 236 g/mol. The molecule has 0 aromatic carbocycles. The molecule has 17 heavy (non-hydrogen) atoms. The first-order valence-electron chi connectivity index (χ1n) is 6.21. The summed E-state index contributed by atoms with van der Waals surface area (Å²) in [6.07, 6.45) is 5.45. The van der Waals surface area contributed by atoms with E-state index >= 15 is 0 Å². The van der Waals surface area contributed by atoms with Gasteiger partial charge in [0, 0.05) is 26.0 Å². The van der Waals surface area contributed by atoms with E-state index in [9.17, 15) is 0 Å². The summed E-state index contributed by atoms with van der Waals surface area (Å²) in [7, 11) is 1.65. The highest BCUT2D eigenvalue weighted by Gasteiger charge is 2.20. The minimum Gasteiger partial charge on any atom is -0.493 e. The Bertz CT molecular complexity index is 340. The van der Waals surface area contributed by atoms with Crippen LogP contribution in [0.15, 0.2) is 18.3 Å². The SMILES string of the molecule is COc1cccnc1NCCCOCC1CC1. The summed E-state index contributed by atoms with van der Waals surface area (Å²) in [5.74, 6) is 2.43. The molecular formula is C13H20N2O2. The largest absolute Gasteiger partial charge is 0.493 e. The zero-order chi connectivity index (χ0) is 11.9. The lowest BCUT2D eigenvalue weighted by molar-refractivity contribution is 0.124. The average molecular weight is 236 g/mol. The molecule has 1 saturated carbocycles. The van der Waals surface area contributed by atoms with E-state index in [1.165, 1.54) is 12.8 Å². The molecular weight excluding hydrogens is 216 g/mol. The molecule has 1 aliphatic rings. The molecule has 0 atom stereocenters. The maximum atomic E-state index is 5.56. The van der Waals surface area contributed by atoms with Crippen molar-refractivity contribution in [2.45, 2.75) is 19.3 Å². The molecule has 1 aliphatic carbocycles. The maximum absolute atomic E-state index is 5.56. The summed E-state index contributed by atoms with van der Waals surface area (Å²) in [5.41, 5.74) is 0. The van der Waals surface area contributed by atoms with E-state index < -0.39 is 0 Å². The Labute approximate surface area is 102 Å². The fourth-order valence-electron chi connectivity index (χ4n) is 1.60. The van der Waals surface area contributed by atoms with E-state index in [1.807, 2.05) is 12.1 Å². The number of ether oxygens (including phenoxy) is 2. The molecule has 0 bridgehead atoms. The third kappa shape index (κ3) is 4.23. The van der Waals surface area contributed by atoms with E-state index in [4.69, 9.17) is 9.47 Å². The third-order valence-electron chi connectivity index (χ3n) is 2.80. The predicted octanol–water partition coefficient (Wildman–Crippen LogP) is 2.32. The molecule has 0 unspecified atom stereocenters. The highest BCUT2D eigenvalue weighted by atomic mass is 16.5. The first-order valence-corrected chi connectivity index (χ1v) is 6.21. The number of nitrogens with zero attached hydrogens (tertiary/aromatic N) is 1. The second-order valence-electron chi connectivity index (χ2n) is 4.35. The fourth-order valence-corrected chi connectivity index (χ4v) is 1.60. The van der Waals surface area contributed by atoms with Gasteiger partial charge in [-0.15, -0.1) is 0 Å². The van der Waals surface area contributed by atoms with Crippen molar-refractivity contribution in [2.75, 3.05) is 32.2 Å². The lowest BCUT2D eigenvalue weighted by Crippen LogP contribution is -2.08. The third-order valence-corrected chi connectivity index (χ3v) is 2.80. The molecule has 0 radical (unpaired) electrons. The molecule has 4 nitrogen and oxygen atoms in total. The highest BCUT2D eigenvalue weighted by Crippen LogP contribution is 2.28. The summed E-state index contributed by atoms with van der Waals surface area (Å²) in [6, 6.07) is 3.77. The van der Waals surface area contributed by atoms with Crippen LogP contribution in [-0.2, 0) is 4.74 Å². The van der Waals surface area contributed by atoms with Crippen LogP contribution in [0.1, 0.15) is 19.3 Å². The fraction of sp³-hybridized carbons (Fsp3) is 0.615. The minimum absolute atomic E-state index is 0.784. The molecule has 4 heteroatoms. The first kappa shape index (κ1) is 12.2. The number of aromatic nitrogens is 1. The second kappa shape index (κ2) is 6.45. The van der Waals surface area contributed by atoms with E-state index in [2.05, 4.69) is 10.3 Å². The van der Waals surface area contributed by atoms with Crippen LogP contribution in [-0.4, -0.2) is 31.9 Å². The molecule has 1 N–H and O–H groups in total. The number of nitrogens with one attached hydrogen (secondary N) is 1. The molecule has 0 saturated heterocycles. The van der Waals surface area contributed by atoms with Crippen molar-refractivity contribution in [1.82, 2.24) is 4.98 Å². The zero-order valence-corrected chi connectivity index (χ0v) is 10.3. The Balaban J connectivity index is 1.59. The van der Waals surface area contributed by atoms with Gasteiger partial charge in [0.2, 0.25) is 0 Å². The molecule has 1 aromatic rings. The molecule has 1 aromatic heterocycles. The molecule has 94 valence electrons. The van der Waals surface area contributed by atoms with E-state index in [0.717, 1.165) is 43.7 Å². The first-order chi connectivity index (χ1) is 8.40. The number of hydrogen-bond acceptors (Lipinski definition) is 4. The zero-order valence-electron chi connectivity index (χ0n) is 10.3. The topological polar surface area (TPSA) is 43.4 Å².